The van der Waals surface area contributed by atoms with Gasteiger partial charge in [0.1, 0.15) is 0 Å². The Balaban J connectivity index is 1.82. The van der Waals surface area contributed by atoms with Gasteiger partial charge in [0, 0.05) is 25.3 Å². The highest BCUT2D eigenvalue weighted by molar-refractivity contribution is 5.90. The van der Waals surface area contributed by atoms with Gasteiger partial charge in [0.05, 0.1) is 11.3 Å². The van der Waals surface area contributed by atoms with E-state index in [1.165, 1.54) is 0 Å². The molecule has 0 saturated carbocycles. The Morgan fingerprint density at radius 1 is 1.23 bits per heavy atom. The van der Waals surface area contributed by atoms with Crippen LogP contribution < -0.4 is 10.6 Å². The molecule has 0 radical (unpaired) electrons. The van der Waals surface area contributed by atoms with E-state index < -0.39 is 11.4 Å². The van der Waals surface area contributed by atoms with E-state index in [1.807, 2.05) is 30.3 Å². The van der Waals surface area contributed by atoms with Crippen LogP contribution in [-0.2, 0) is 9.59 Å². The highest BCUT2D eigenvalue weighted by Crippen LogP contribution is 2.21. The minimum atomic E-state index is -0.881. The Morgan fingerprint density at radius 2 is 1.92 bits per heavy atom. The molecule has 0 spiro atoms. The highest BCUT2D eigenvalue weighted by Gasteiger charge is 2.30. The number of nitrogens with one attached hydrogen (secondary N) is 2. The van der Waals surface area contributed by atoms with Gasteiger partial charge in [0.25, 0.3) is 0 Å². The van der Waals surface area contributed by atoms with Crippen LogP contribution in [0.1, 0.15) is 33.1 Å². The van der Waals surface area contributed by atoms with Crippen molar-refractivity contribution >= 4 is 23.6 Å². The first kappa shape index (κ1) is 19.8. The minimum absolute atomic E-state index is 0.122. The summed E-state index contributed by atoms with van der Waals surface area (Å²) in [6.07, 6.45) is 1.85. The van der Waals surface area contributed by atoms with Crippen molar-refractivity contribution in [2.45, 2.75) is 33.1 Å². The molecule has 1 aliphatic rings. The number of carboxylic acid groups (broad SMARTS) is 1. The van der Waals surface area contributed by atoms with Crippen LogP contribution in [0.2, 0.25) is 0 Å². The maximum Gasteiger partial charge on any atom is 0.321 e. The van der Waals surface area contributed by atoms with E-state index in [0.29, 0.717) is 26.1 Å². The molecule has 142 valence electrons. The van der Waals surface area contributed by atoms with E-state index in [4.69, 9.17) is 5.11 Å². The Hall–Kier alpha value is -2.57. The van der Waals surface area contributed by atoms with Crippen LogP contribution in [0.5, 0.6) is 0 Å². The molecular weight excluding hydrogens is 334 g/mol. The maximum atomic E-state index is 12.4. The monoisotopic (exact) mass is 361 g/mol. The number of urea groups is 1. The number of aliphatic carboxylic acids is 1. The number of carbonyl (C=O) groups is 3. The van der Waals surface area contributed by atoms with Crippen molar-refractivity contribution in [2.24, 2.45) is 11.3 Å². The van der Waals surface area contributed by atoms with Crippen LogP contribution in [-0.4, -0.2) is 47.5 Å². The van der Waals surface area contributed by atoms with E-state index >= 15 is 0 Å². The summed E-state index contributed by atoms with van der Waals surface area (Å²) < 4.78 is 0. The Labute approximate surface area is 153 Å². The third-order valence-electron chi connectivity index (χ3n) is 4.73. The Kier molecular flexibility index (Phi) is 6.60. The molecule has 1 fully saturated rings. The molecule has 0 aromatic heterocycles. The van der Waals surface area contributed by atoms with Gasteiger partial charge in [0.15, 0.2) is 0 Å². The topological polar surface area (TPSA) is 98.7 Å². The first-order valence-corrected chi connectivity index (χ1v) is 8.92. The number of para-hydroxylation sites is 1. The molecule has 1 unspecified atom stereocenters. The van der Waals surface area contributed by atoms with E-state index in [1.54, 1.807) is 18.7 Å². The van der Waals surface area contributed by atoms with Gasteiger partial charge in [0.2, 0.25) is 5.91 Å². The van der Waals surface area contributed by atoms with E-state index in [-0.39, 0.29) is 17.9 Å². The summed E-state index contributed by atoms with van der Waals surface area (Å²) in [5, 5.41) is 14.8. The number of carbonyl (C=O) groups excluding carboxylic acids is 2. The molecule has 7 heteroatoms. The molecule has 0 aliphatic carbocycles. The molecule has 1 aliphatic heterocycles. The number of benzene rings is 1. The quantitative estimate of drug-likeness (QED) is 0.725. The summed E-state index contributed by atoms with van der Waals surface area (Å²) in [6.45, 7) is 4.57. The zero-order chi connectivity index (χ0) is 19.2. The van der Waals surface area contributed by atoms with Gasteiger partial charge in [-0.3, -0.25) is 9.59 Å². The van der Waals surface area contributed by atoms with Crippen molar-refractivity contribution in [1.29, 1.82) is 0 Å². The standard InChI is InChI=1S/C19H27N3O4/c1-19(2,17(24)25)10-11-20-16(23)14-7-6-12-22(13-14)18(26)21-15-8-4-3-5-9-15/h3-5,8-9,14H,6-7,10-13H2,1-2H3,(H,20,23)(H,21,26)(H,24,25). The number of piperidine rings is 1. The van der Waals surface area contributed by atoms with Crippen LogP contribution in [0.4, 0.5) is 10.5 Å². The molecular formula is C19H27N3O4. The number of carboxylic acids is 1. The Morgan fingerprint density at radius 3 is 2.58 bits per heavy atom. The molecule has 3 N–H and O–H groups in total. The normalized spacial score (nSPS) is 17.5. The lowest BCUT2D eigenvalue weighted by molar-refractivity contribution is -0.147. The lowest BCUT2D eigenvalue weighted by atomic mass is 9.89. The van der Waals surface area contributed by atoms with Crippen LogP contribution in [0, 0.1) is 11.3 Å². The van der Waals surface area contributed by atoms with Gasteiger partial charge < -0.3 is 20.6 Å². The first-order chi connectivity index (χ1) is 12.3. The zero-order valence-corrected chi connectivity index (χ0v) is 15.3. The number of anilines is 1. The second-order valence-corrected chi connectivity index (χ2v) is 7.31. The molecule has 1 saturated heterocycles. The van der Waals surface area contributed by atoms with Gasteiger partial charge in [-0.25, -0.2) is 4.79 Å². The van der Waals surface area contributed by atoms with Crippen molar-refractivity contribution in [3.05, 3.63) is 30.3 Å². The number of hydrogen-bond acceptors (Lipinski definition) is 3. The van der Waals surface area contributed by atoms with E-state index in [2.05, 4.69) is 10.6 Å². The smallest absolute Gasteiger partial charge is 0.321 e. The molecule has 7 nitrogen and oxygen atoms in total. The fourth-order valence-corrected chi connectivity index (χ4v) is 2.85. The lowest BCUT2D eigenvalue weighted by Gasteiger charge is -2.32. The van der Waals surface area contributed by atoms with Crippen molar-refractivity contribution in [3.8, 4) is 0 Å². The molecule has 1 heterocycles. The summed E-state index contributed by atoms with van der Waals surface area (Å²) in [7, 11) is 0. The predicted molar refractivity (Wildman–Crippen MR) is 98.8 cm³/mol. The van der Waals surface area contributed by atoms with Gasteiger partial charge in [-0.1, -0.05) is 18.2 Å². The van der Waals surface area contributed by atoms with Crippen molar-refractivity contribution in [2.75, 3.05) is 25.0 Å². The number of nitrogens with zero attached hydrogens (tertiary/aromatic N) is 1. The average Bonchev–Trinajstić information content (AvgIpc) is 2.62. The zero-order valence-electron chi connectivity index (χ0n) is 15.3. The highest BCUT2D eigenvalue weighted by atomic mass is 16.4. The third kappa shape index (κ3) is 5.47. The van der Waals surface area contributed by atoms with Crippen LogP contribution in [0.3, 0.4) is 0 Å². The number of amides is 3. The summed E-state index contributed by atoms with van der Waals surface area (Å²) in [4.78, 5) is 37.5. The molecule has 3 amide bonds. The van der Waals surface area contributed by atoms with Gasteiger partial charge in [-0.2, -0.15) is 0 Å². The first-order valence-electron chi connectivity index (χ1n) is 8.92. The molecule has 1 aromatic carbocycles. The molecule has 26 heavy (non-hydrogen) atoms. The van der Waals surface area contributed by atoms with Gasteiger partial charge in [-0.15, -0.1) is 0 Å². The lowest BCUT2D eigenvalue weighted by Crippen LogP contribution is -2.47. The SMILES string of the molecule is CC(C)(CCNC(=O)C1CCCN(C(=O)Nc2ccccc2)C1)C(=O)O. The Bertz CT molecular complexity index is 645. The van der Waals surface area contributed by atoms with Crippen LogP contribution in [0.15, 0.2) is 30.3 Å². The summed E-state index contributed by atoms with van der Waals surface area (Å²) >= 11 is 0. The second-order valence-electron chi connectivity index (χ2n) is 7.31. The minimum Gasteiger partial charge on any atom is -0.481 e. The fraction of sp³-hybridized carbons (Fsp3) is 0.526. The number of likely N-dealkylation sites (tertiary alicyclic amines) is 1. The van der Waals surface area contributed by atoms with Gasteiger partial charge >= 0.3 is 12.0 Å². The largest absolute Gasteiger partial charge is 0.481 e. The predicted octanol–water partition coefficient (Wildman–Crippen LogP) is 2.55. The van der Waals surface area contributed by atoms with Crippen molar-refractivity contribution < 1.29 is 19.5 Å². The van der Waals surface area contributed by atoms with Crippen LogP contribution >= 0.6 is 0 Å². The number of hydrogen-bond donors (Lipinski definition) is 3. The fourth-order valence-electron chi connectivity index (χ4n) is 2.85. The molecule has 0 bridgehead atoms. The second kappa shape index (κ2) is 8.69. The van der Waals surface area contributed by atoms with E-state index in [0.717, 1.165) is 18.5 Å². The molecule has 2 rings (SSSR count). The maximum absolute atomic E-state index is 12.4. The molecule has 1 atom stereocenters. The summed E-state index contributed by atoms with van der Waals surface area (Å²) in [5.41, 5.74) is -0.151. The van der Waals surface area contributed by atoms with Crippen LogP contribution in [0.25, 0.3) is 0 Å². The number of rotatable bonds is 6. The third-order valence-corrected chi connectivity index (χ3v) is 4.73. The average molecular weight is 361 g/mol. The van der Waals surface area contributed by atoms with E-state index in [9.17, 15) is 14.4 Å². The van der Waals surface area contributed by atoms with Crippen molar-refractivity contribution in [3.63, 3.8) is 0 Å². The van der Waals surface area contributed by atoms with Gasteiger partial charge in [-0.05, 0) is 45.2 Å². The molecule has 1 aromatic rings. The summed E-state index contributed by atoms with van der Waals surface area (Å²) in [6, 6.07) is 9.00. The summed E-state index contributed by atoms with van der Waals surface area (Å²) in [5.74, 6) is -1.27. The van der Waals surface area contributed by atoms with Crippen molar-refractivity contribution in [1.82, 2.24) is 10.2 Å².